The summed E-state index contributed by atoms with van der Waals surface area (Å²) in [7, 11) is 0. The zero-order chi connectivity index (χ0) is 12.8. The largest absolute Gasteiger partial charge is 0.490 e. The third kappa shape index (κ3) is 3.21. The Kier molecular flexibility index (Phi) is 4.55. The number of carbonyl (C=O) groups excluding carboxylic acids is 1. The molecule has 2 N–H and O–H groups in total. The number of nitrogens with two attached hydrogens (primary N) is 1. The Morgan fingerprint density at radius 3 is 2.83 bits per heavy atom. The van der Waals surface area contributed by atoms with Crippen LogP contribution in [0.5, 0.6) is 11.5 Å². The Labute approximate surface area is 106 Å². The van der Waals surface area contributed by atoms with Crippen LogP contribution in [0.2, 0.25) is 0 Å². The number of ketones is 1. The quantitative estimate of drug-likeness (QED) is 0.624. The maximum absolute atomic E-state index is 11.8. The molecule has 0 amide bonds. The van der Waals surface area contributed by atoms with Gasteiger partial charge in [0, 0.05) is 18.5 Å². The normalized spacial score (nSPS) is 14.1. The fourth-order valence-corrected chi connectivity index (χ4v) is 1.67. The van der Waals surface area contributed by atoms with Crippen LogP contribution >= 0.6 is 0 Å². The summed E-state index contributed by atoms with van der Waals surface area (Å²) in [5.74, 6) is 1.23. The molecule has 0 aliphatic carbocycles. The van der Waals surface area contributed by atoms with Gasteiger partial charge in [-0.25, -0.2) is 0 Å². The standard InChI is InChI=1S/C13H17NO4/c14-4-7-16-9-11(15)10-2-3-12-13(8-10)18-6-1-5-17-12/h2-3,8H,1,4-7,9,14H2. The lowest BCUT2D eigenvalue weighted by Gasteiger charge is -2.09. The number of Topliss-reactive ketones (excluding diaryl/α,β-unsaturated/α-hetero) is 1. The molecule has 1 aromatic rings. The number of benzene rings is 1. The van der Waals surface area contributed by atoms with Crippen LogP contribution in [0.1, 0.15) is 16.8 Å². The number of fused-ring (bicyclic) bond motifs is 1. The topological polar surface area (TPSA) is 70.8 Å². The summed E-state index contributed by atoms with van der Waals surface area (Å²) in [4.78, 5) is 11.8. The van der Waals surface area contributed by atoms with Crippen molar-refractivity contribution < 1.29 is 19.0 Å². The summed E-state index contributed by atoms with van der Waals surface area (Å²) in [5, 5.41) is 0. The van der Waals surface area contributed by atoms with Crippen molar-refractivity contribution >= 4 is 5.78 Å². The van der Waals surface area contributed by atoms with Crippen molar-refractivity contribution in [3.05, 3.63) is 23.8 Å². The SMILES string of the molecule is NCCOCC(=O)c1ccc2c(c1)OCCCO2. The zero-order valence-electron chi connectivity index (χ0n) is 10.2. The number of hydrogen-bond acceptors (Lipinski definition) is 5. The number of rotatable bonds is 5. The fraction of sp³-hybridized carbons (Fsp3) is 0.462. The predicted octanol–water partition coefficient (Wildman–Crippen LogP) is 1.01. The Morgan fingerprint density at radius 2 is 2.06 bits per heavy atom. The number of ether oxygens (including phenoxy) is 3. The van der Waals surface area contributed by atoms with E-state index in [-0.39, 0.29) is 12.4 Å². The van der Waals surface area contributed by atoms with Gasteiger partial charge in [0.25, 0.3) is 0 Å². The van der Waals surface area contributed by atoms with E-state index < -0.39 is 0 Å². The molecule has 0 spiro atoms. The molecule has 0 unspecified atom stereocenters. The molecular formula is C13H17NO4. The lowest BCUT2D eigenvalue weighted by Crippen LogP contribution is -2.14. The van der Waals surface area contributed by atoms with Crippen LogP contribution in [0.4, 0.5) is 0 Å². The highest BCUT2D eigenvalue weighted by Crippen LogP contribution is 2.30. The van der Waals surface area contributed by atoms with Crippen molar-refractivity contribution in [3.8, 4) is 11.5 Å². The van der Waals surface area contributed by atoms with E-state index in [4.69, 9.17) is 19.9 Å². The Balaban J connectivity index is 2.05. The summed E-state index contributed by atoms with van der Waals surface area (Å²) in [6.07, 6.45) is 0.845. The van der Waals surface area contributed by atoms with Gasteiger partial charge >= 0.3 is 0 Å². The average Bonchev–Trinajstić information content (AvgIpc) is 2.63. The van der Waals surface area contributed by atoms with E-state index in [0.29, 0.717) is 43.4 Å². The number of carbonyl (C=O) groups is 1. The van der Waals surface area contributed by atoms with Gasteiger partial charge in [0.05, 0.1) is 19.8 Å². The first-order valence-corrected chi connectivity index (χ1v) is 6.02. The van der Waals surface area contributed by atoms with Crippen LogP contribution in [-0.2, 0) is 4.74 Å². The molecular weight excluding hydrogens is 234 g/mol. The smallest absolute Gasteiger partial charge is 0.188 e. The summed E-state index contributed by atoms with van der Waals surface area (Å²) in [6, 6.07) is 5.19. The van der Waals surface area contributed by atoms with Gasteiger partial charge in [-0.3, -0.25) is 4.79 Å². The second-order valence-corrected chi connectivity index (χ2v) is 3.98. The zero-order valence-corrected chi connectivity index (χ0v) is 10.2. The van der Waals surface area contributed by atoms with Gasteiger partial charge in [-0.1, -0.05) is 0 Å². The van der Waals surface area contributed by atoms with Gasteiger partial charge in [0.1, 0.15) is 6.61 Å². The lowest BCUT2D eigenvalue weighted by atomic mass is 10.1. The van der Waals surface area contributed by atoms with Crippen LogP contribution in [0.3, 0.4) is 0 Å². The maximum Gasteiger partial charge on any atom is 0.188 e. The van der Waals surface area contributed by atoms with E-state index in [9.17, 15) is 4.79 Å². The molecule has 98 valence electrons. The Morgan fingerprint density at radius 1 is 1.28 bits per heavy atom. The third-order valence-electron chi connectivity index (χ3n) is 2.56. The van der Waals surface area contributed by atoms with Crippen LogP contribution in [-0.4, -0.2) is 38.8 Å². The third-order valence-corrected chi connectivity index (χ3v) is 2.56. The molecule has 2 rings (SSSR count). The van der Waals surface area contributed by atoms with Gasteiger partial charge in [-0.2, -0.15) is 0 Å². The molecule has 18 heavy (non-hydrogen) atoms. The van der Waals surface area contributed by atoms with Crippen LogP contribution in [0.25, 0.3) is 0 Å². The second-order valence-electron chi connectivity index (χ2n) is 3.98. The van der Waals surface area contributed by atoms with Gasteiger partial charge in [-0.15, -0.1) is 0 Å². The highest BCUT2D eigenvalue weighted by molar-refractivity contribution is 5.97. The molecule has 1 aliphatic rings. The van der Waals surface area contributed by atoms with Crippen LogP contribution in [0.15, 0.2) is 18.2 Å². The fourth-order valence-electron chi connectivity index (χ4n) is 1.67. The lowest BCUT2D eigenvalue weighted by molar-refractivity contribution is 0.0773. The van der Waals surface area contributed by atoms with Gasteiger partial charge in [0.2, 0.25) is 0 Å². The summed E-state index contributed by atoms with van der Waals surface area (Å²) in [6.45, 7) is 2.08. The van der Waals surface area contributed by atoms with Crippen molar-refractivity contribution in [3.63, 3.8) is 0 Å². The molecule has 0 saturated heterocycles. The molecule has 5 nitrogen and oxygen atoms in total. The molecule has 0 atom stereocenters. The molecule has 0 aromatic heterocycles. The van der Waals surface area contributed by atoms with Crippen molar-refractivity contribution in [1.29, 1.82) is 0 Å². The van der Waals surface area contributed by atoms with Crippen molar-refractivity contribution in [2.45, 2.75) is 6.42 Å². The molecule has 5 heteroatoms. The van der Waals surface area contributed by atoms with E-state index in [1.807, 2.05) is 0 Å². The maximum atomic E-state index is 11.8. The number of hydrogen-bond donors (Lipinski definition) is 1. The van der Waals surface area contributed by atoms with E-state index in [1.54, 1.807) is 18.2 Å². The molecule has 1 aromatic carbocycles. The molecule has 0 saturated carbocycles. The highest BCUT2D eigenvalue weighted by atomic mass is 16.5. The summed E-state index contributed by atoms with van der Waals surface area (Å²) < 4.78 is 16.1. The first-order chi connectivity index (χ1) is 8.81. The van der Waals surface area contributed by atoms with Gasteiger partial charge in [-0.05, 0) is 18.2 Å². The monoisotopic (exact) mass is 251 g/mol. The van der Waals surface area contributed by atoms with E-state index >= 15 is 0 Å². The van der Waals surface area contributed by atoms with Crippen LogP contribution < -0.4 is 15.2 Å². The van der Waals surface area contributed by atoms with Gasteiger partial charge in [0.15, 0.2) is 17.3 Å². The van der Waals surface area contributed by atoms with Crippen molar-refractivity contribution in [2.75, 3.05) is 33.0 Å². The molecule has 1 aliphatic heterocycles. The van der Waals surface area contributed by atoms with E-state index in [2.05, 4.69) is 0 Å². The molecule has 1 heterocycles. The van der Waals surface area contributed by atoms with Gasteiger partial charge < -0.3 is 19.9 Å². The molecule has 0 bridgehead atoms. The minimum absolute atomic E-state index is 0.0385. The van der Waals surface area contributed by atoms with Crippen molar-refractivity contribution in [2.24, 2.45) is 5.73 Å². The second kappa shape index (κ2) is 6.37. The van der Waals surface area contributed by atoms with E-state index in [1.165, 1.54) is 0 Å². The average molecular weight is 251 g/mol. The molecule has 0 radical (unpaired) electrons. The minimum atomic E-state index is -0.0842. The molecule has 0 fully saturated rings. The summed E-state index contributed by atoms with van der Waals surface area (Å²) >= 11 is 0. The Bertz CT molecular complexity index is 419. The van der Waals surface area contributed by atoms with E-state index in [0.717, 1.165) is 6.42 Å². The predicted molar refractivity (Wildman–Crippen MR) is 66.3 cm³/mol. The first kappa shape index (κ1) is 12.9. The first-order valence-electron chi connectivity index (χ1n) is 6.02. The minimum Gasteiger partial charge on any atom is -0.490 e. The summed E-state index contributed by atoms with van der Waals surface area (Å²) in [5.41, 5.74) is 5.86. The highest BCUT2D eigenvalue weighted by Gasteiger charge is 2.14. The van der Waals surface area contributed by atoms with Crippen LogP contribution in [0, 0.1) is 0 Å². The Hall–Kier alpha value is -1.59. The van der Waals surface area contributed by atoms with Crippen molar-refractivity contribution in [1.82, 2.24) is 0 Å².